The van der Waals surface area contributed by atoms with E-state index in [1.54, 1.807) is 6.07 Å². The molecule has 0 amide bonds. The van der Waals surface area contributed by atoms with Gasteiger partial charge in [0, 0.05) is 26.2 Å². The van der Waals surface area contributed by atoms with Crippen LogP contribution in [0.1, 0.15) is 22.7 Å². The molecule has 0 aliphatic carbocycles. The van der Waals surface area contributed by atoms with Gasteiger partial charge in [-0.25, -0.2) is 0 Å². The zero-order chi connectivity index (χ0) is 19.4. The molecule has 1 saturated heterocycles. The molecule has 0 saturated carbocycles. The second-order valence-electron chi connectivity index (χ2n) is 6.81. The number of alkyl halides is 3. The summed E-state index contributed by atoms with van der Waals surface area (Å²) in [7, 11) is 0. The second-order valence-corrected chi connectivity index (χ2v) is 6.81. The van der Waals surface area contributed by atoms with Gasteiger partial charge in [0.15, 0.2) is 0 Å². The van der Waals surface area contributed by atoms with Crippen LogP contribution in [0.5, 0.6) is 0 Å². The number of aliphatic hydroxyl groups is 1. The van der Waals surface area contributed by atoms with Crippen molar-refractivity contribution in [1.82, 2.24) is 9.80 Å². The molecule has 6 heteroatoms. The number of benzene rings is 2. The number of hydrogen-bond acceptors (Lipinski definition) is 3. The molecule has 0 radical (unpaired) electrons. The van der Waals surface area contributed by atoms with Crippen molar-refractivity contribution in [3.8, 4) is 0 Å². The number of nitrogens with zero attached hydrogens (tertiary/aromatic N) is 2. The Morgan fingerprint density at radius 3 is 2.19 bits per heavy atom. The lowest BCUT2D eigenvalue weighted by atomic mass is 9.95. The van der Waals surface area contributed by atoms with E-state index in [9.17, 15) is 18.3 Å². The van der Waals surface area contributed by atoms with Crippen LogP contribution in [-0.4, -0.2) is 47.6 Å². The van der Waals surface area contributed by atoms with E-state index in [-0.39, 0.29) is 11.8 Å². The van der Waals surface area contributed by atoms with Crippen LogP contribution in [0.4, 0.5) is 13.2 Å². The van der Waals surface area contributed by atoms with E-state index in [2.05, 4.69) is 16.4 Å². The molecule has 2 aromatic carbocycles. The van der Waals surface area contributed by atoms with Crippen molar-refractivity contribution in [2.24, 2.45) is 0 Å². The van der Waals surface area contributed by atoms with Gasteiger partial charge in [0.2, 0.25) is 0 Å². The maximum absolute atomic E-state index is 13.2. The molecule has 1 atom stereocenters. The van der Waals surface area contributed by atoms with Crippen molar-refractivity contribution >= 4 is 0 Å². The van der Waals surface area contributed by atoms with Crippen molar-refractivity contribution in [2.45, 2.75) is 12.2 Å². The standard InChI is InChI=1S/C21H23F3N2O/c1-16(27)15-25-10-12-26(13-11-25)20(17-6-3-2-4-7-17)18-8-5-9-19(14-18)21(22,23)24/h2-9,14,20,27H,1,10-13,15H2. The largest absolute Gasteiger partial charge is 0.512 e. The summed E-state index contributed by atoms with van der Waals surface area (Å²) in [5, 5.41) is 9.39. The summed E-state index contributed by atoms with van der Waals surface area (Å²) in [5.74, 6) is 0.126. The van der Waals surface area contributed by atoms with E-state index in [1.807, 2.05) is 30.3 Å². The molecule has 1 heterocycles. The summed E-state index contributed by atoms with van der Waals surface area (Å²) < 4.78 is 39.6. The fraction of sp³-hybridized carbons (Fsp3) is 0.333. The molecule has 0 bridgehead atoms. The molecule has 2 aromatic rings. The van der Waals surface area contributed by atoms with Gasteiger partial charge in [-0.15, -0.1) is 0 Å². The number of piperazine rings is 1. The Hall–Kier alpha value is -2.31. The molecule has 144 valence electrons. The van der Waals surface area contributed by atoms with E-state index in [0.29, 0.717) is 25.2 Å². The van der Waals surface area contributed by atoms with E-state index in [1.165, 1.54) is 12.1 Å². The van der Waals surface area contributed by atoms with Gasteiger partial charge < -0.3 is 5.11 Å². The third kappa shape index (κ3) is 4.90. The highest BCUT2D eigenvalue weighted by Crippen LogP contribution is 2.34. The average Bonchev–Trinajstić information content (AvgIpc) is 2.63. The first kappa shape index (κ1) is 19.5. The van der Waals surface area contributed by atoms with Gasteiger partial charge in [-0.05, 0) is 23.3 Å². The van der Waals surface area contributed by atoms with Crippen molar-refractivity contribution in [1.29, 1.82) is 0 Å². The molecule has 1 aliphatic heterocycles. The molecule has 1 aliphatic rings. The highest BCUT2D eigenvalue weighted by molar-refractivity contribution is 5.35. The van der Waals surface area contributed by atoms with E-state index >= 15 is 0 Å². The van der Waals surface area contributed by atoms with Crippen molar-refractivity contribution in [3.63, 3.8) is 0 Å². The minimum atomic E-state index is -4.36. The molecule has 0 spiro atoms. The highest BCUT2D eigenvalue weighted by atomic mass is 19.4. The topological polar surface area (TPSA) is 26.7 Å². The highest BCUT2D eigenvalue weighted by Gasteiger charge is 2.32. The first-order chi connectivity index (χ1) is 12.8. The van der Waals surface area contributed by atoms with E-state index in [0.717, 1.165) is 24.7 Å². The third-order valence-electron chi connectivity index (χ3n) is 4.82. The second kappa shape index (κ2) is 8.15. The summed E-state index contributed by atoms with van der Waals surface area (Å²) in [6.45, 7) is 6.79. The Labute approximate surface area is 157 Å². The van der Waals surface area contributed by atoms with Crippen molar-refractivity contribution in [3.05, 3.63) is 83.6 Å². The monoisotopic (exact) mass is 376 g/mol. The summed E-state index contributed by atoms with van der Waals surface area (Å²) in [5.41, 5.74) is 0.976. The van der Waals surface area contributed by atoms with Crippen LogP contribution in [0.25, 0.3) is 0 Å². The predicted octanol–water partition coefficient (Wildman–Crippen LogP) is 4.48. The molecule has 1 fully saturated rings. The smallest absolute Gasteiger partial charge is 0.416 e. The molecule has 3 rings (SSSR count). The number of rotatable bonds is 5. The van der Waals surface area contributed by atoms with Crippen LogP contribution in [0.2, 0.25) is 0 Å². The normalized spacial score (nSPS) is 17.6. The van der Waals surface area contributed by atoms with Gasteiger partial charge in [-0.3, -0.25) is 9.80 Å². The minimum Gasteiger partial charge on any atom is -0.512 e. The lowest BCUT2D eigenvalue weighted by molar-refractivity contribution is -0.137. The van der Waals surface area contributed by atoms with Crippen LogP contribution in [0, 0.1) is 0 Å². The zero-order valence-corrected chi connectivity index (χ0v) is 15.0. The molecule has 27 heavy (non-hydrogen) atoms. The van der Waals surface area contributed by atoms with Gasteiger partial charge in [-0.1, -0.05) is 49.0 Å². The van der Waals surface area contributed by atoms with E-state index < -0.39 is 11.7 Å². The maximum atomic E-state index is 13.2. The molecule has 0 aromatic heterocycles. The Morgan fingerprint density at radius 2 is 1.59 bits per heavy atom. The van der Waals surface area contributed by atoms with Crippen LogP contribution < -0.4 is 0 Å². The number of hydrogen-bond donors (Lipinski definition) is 1. The van der Waals surface area contributed by atoms with Gasteiger partial charge in [-0.2, -0.15) is 13.2 Å². The Morgan fingerprint density at radius 1 is 0.963 bits per heavy atom. The lowest BCUT2D eigenvalue weighted by Gasteiger charge is -2.39. The Kier molecular flexibility index (Phi) is 5.87. The summed E-state index contributed by atoms with van der Waals surface area (Å²) in [4.78, 5) is 4.29. The predicted molar refractivity (Wildman–Crippen MR) is 99.5 cm³/mol. The van der Waals surface area contributed by atoms with Crippen LogP contribution in [0.3, 0.4) is 0 Å². The van der Waals surface area contributed by atoms with Gasteiger partial charge >= 0.3 is 6.18 Å². The zero-order valence-electron chi connectivity index (χ0n) is 15.0. The van der Waals surface area contributed by atoms with E-state index in [4.69, 9.17) is 0 Å². The molecule has 3 nitrogen and oxygen atoms in total. The lowest BCUT2D eigenvalue weighted by Crippen LogP contribution is -2.48. The fourth-order valence-electron chi connectivity index (χ4n) is 3.57. The van der Waals surface area contributed by atoms with Crippen molar-refractivity contribution in [2.75, 3.05) is 32.7 Å². The SMILES string of the molecule is C=C(O)CN1CCN(C(c2ccccc2)c2cccc(C(F)(F)F)c2)CC1. The van der Waals surface area contributed by atoms with Crippen molar-refractivity contribution < 1.29 is 18.3 Å². The Balaban J connectivity index is 1.89. The molecule has 1 N–H and O–H groups in total. The maximum Gasteiger partial charge on any atom is 0.416 e. The van der Waals surface area contributed by atoms with Crippen LogP contribution in [-0.2, 0) is 6.18 Å². The third-order valence-corrected chi connectivity index (χ3v) is 4.82. The van der Waals surface area contributed by atoms with Gasteiger partial charge in [0.1, 0.15) is 0 Å². The minimum absolute atomic E-state index is 0.126. The quantitative estimate of drug-likeness (QED) is 0.780. The average molecular weight is 376 g/mol. The van der Waals surface area contributed by atoms with Gasteiger partial charge in [0.25, 0.3) is 0 Å². The number of halogens is 3. The summed E-state index contributed by atoms with van der Waals surface area (Å²) >= 11 is 0. The van der Waals surface area contributed by atoms with Crippen LogP contribution in [0.15, 0.2) is 66.9 Å². The molecule has 1 unspecified atom stereocenters. The fourth-order valence-corrected chi connectivity index (χ4v) is 3.57. The molecular weight excluding hydrogens is 353 g/mol. The summed E-state index contributed by atoms with van der Waals surface area (Å²) in [6.07, 6.45) is -4.36. The van der Waals surface area contributed by atoms with Crippen LogP contribution >= 0.6 is 0 Å². The molecular formula is C21H23F3N2O. The number of aliphatic hydroxyl groups excluding tert-OH is 1. The Bertz CT molecular complexity index is 768. The first-order valence-electron chi connectivity index (χ1n) is 8.90. The summed E-state index contributed by atoms with van der Waals surface area (Å²) in [6, 6.07) is 15.0. The van der Waals surface area contributed by atoms with Gasteiger partial charge in [0.05, 0.1) is 23.9 Å². The first-order valence-corrected chi connectivity index (χ1v) is 8.90.